The minimum Gasteiger partial charge on any atom is -0.478 e. The molecule has 2 rings (SSSR count). The molecule has 1 aromatic heterocycles. The summed E-state index contributed by atoms with van der Waals surface area (Å²) in [6, 6.07) is 1.38. The maximum atomic E-state index is 11.9. The van der Waals surface area contributed by atoms with E-state index in [0.717, 1.165) is 12.8 Å². The molecule has 2 N–H and O–H groups in total. The number of carboxylic acid groups (broad SMARTS) is 1. The van der Waals surface area contributed by atoms with E-state index in [1.54, 1.807) is 6.92 Å². The lowest BCUT2D eigenvalue weighted by atomic mass is 10.1. The van der Waals surface area contributed by atoms with Crippen LogP contribution in [0.3, 0.4) is 0 Å². The Morgan fingerprint density at radius 1 is 1.41 bits per heavy atom. The van der Waals surface area contributed by atoms with Crippen LogP contribution < -0.4 is 5.32 Å². The summed E-state index contributed by atoms with van der Waals surface area (Å²) in [5, 5.41) is 11.6. The van der Waals surface area contributed by atoms with Gasteiger partial charge in [0.15, 0.2) is 0 Å². The molecule has 0 bridgehead atoms. The second kappa shape index (κ2) is 5.75. The van der Waals surface area contributed by atoms with E-state index >= 15 is 0 Å². The average molecular weight is 329 g/mol. The van der Waals surface area contributed by atoms with Crippen LogP contribution in [0.2, 0.25) is 0 Å². The van der Waals surface area contributed by atoms with Gasteiger partial charge in [0.2, 0.25) is 5.91 Å². The molecule has 0 aromatic carbocycles. The van der Waals surface area contributed by atoms with E-state index in [1.807, 2.05) is 0 Å². The second-order valence-corrected chi connectivity index (χ2v) is 8.15. The standard InChI is InChI=1S/C14H19NO6S/c1-9-11(13(17)18)5-10(21-9)7-15-12(16)6-14(3-4-14)8-22(2,19)20/h5H,3-4,6-8H2,1-2H3,(H,15,16)(H,17,18). The number of aromatic carboxylic acids is 1. The van der Waals surface area contributed by atoms with E-state index < -0.39 is 21.2 Å². The summed E-state index contributed by atoms with van der Waals surface area (Å²) in [6.45, 7) is 1.63. The van der Waals surface area contributed by atoms with Gasteiger partial charge in [-0.2, -0.15) is 0 Å². The SMILES string of the molecule is Cc1oc(CNC(=O)CC2(CS(C)(=O)=O)CC2)cc1C(=O)O. The number of sulfone groups is 1. The number of amides is 1. The Balaban J connectivity index is 1.88. The van der Waals surface area contributed by atoms with Gasteiger partial charge in [-0.25, -0.2) is 13.2 Å². The van der Waals surface area contributed by atoms with Crippen LogP contribution in [0.15, 0.2) is 10.5 Å². The van der Waals surface area contributed by atoms with Crippen LogP contribution >= 0.6 is 0 Å². The molecule has 1 amide bonds. The van der Waals surface area contributed by atoms with Crippen LogP contribution in [0.1, 0.15) is 41.1 Å². The smallest absolute Gasteiger partial charge is 0.339 e. The molecule has 1 heterocycles. The first kappa shape index (κ1) is 16.5. The fraction of sp³-hybridized carbons (Fsp3) is 0.571. The summed E-state index contributed by atoms with van der Waals surface area (Å²) in [4.78, 5) is 22.8. The third-order valence-corrected chi connectivity index (χ3v) is 4.86. The second-order valence-electron chi connectivity index (χ2n) is 6.01. The zero-order valence-electron chi connectivity index (χ0n) is 12.5. The molecular formula is C14H19NO6S. The lowest BCUT2D eigenvalue weighted by Gasteiger charge is -2.13. The van der Waals surface area contributed by atoms with Crippen LogP contribution in [0, 0.1) is 12.3 Å². The topological polar surface area (TPSA) is 114 Å². The first-order valence-corrected chi connectivity index (χ1v) is 8.93. The lowest BCUT2D eigenvalue weighted by molar-refractivity contribution is -0.122. The molecule has 0 spiro atoms. The minimum absolute atomic E-state index is 0.0242. The van der Waals surface area contributed by atoms with Crippen LogP contribution in [0.25, 0.3) is 0 Å². The number of hydrogen-bond acceptors (Lipinski definition) is 5. The lowest BCUT2D eigenvalue weighted by Crippen LogP contribution is -2.28. The van der Waals surface area contributed by atoms with Gasteiger partial charge in [-0.1, -0.05) is 0 Å². The van der Waals surface area contributed by atoms with Crippen molar-refractivity contribution in [1.29, 1.82) is 0 Å². The van der Waals surface area contributed by atoms with Gasteiger partial charge in [0.25, 0.3) is 0 Å². The number of carboxylic acids is 1. The summed E-state index contributed by atoms with van der Waals surface area (Å²) < 4.78 is 28.0. The third-order valence-electron chi connectivity index (χ3n) is 3.72. The maximum absolute atomic E-state index is 11.9. The first-order chi connectivity index (χ1) is 10.1. The van der Waals surface area contributed by atoms with Gasteiger partial charge in [0.1, 0.15) is 26.9 Å². The molecule has 0 unspecified atom stereocenters. The summed E-state index contributed by atoms with van der Waals surface area (Å²) in [6.07, 6.45) is 2.79. The maximum Gasteiger partial charge on any atom is 0.339 e. The van der Waals surface area contributed by atoms with E-state index in [9.17, 15) is 18.0 Å². The van der Waals surface area contributed by atoms with Gasteiger partial charge in [0, 0.05) is 12.7 Å². The van der Waals surface area contributed by atoms with Crippen molar-refractivity contribution in [2.75, 3.05) is 12.0 Å². The van der Waals surface area contributed by atoms with Crippen molar-refractivity contribution in [2.24, 2.45) is 5.41 Å². The Hall–Kier alpha value is -1.83. The molecular weight excluding hydrogens is 310 g/mol. The van der Waals surface area contributed by atoms with Gasteiger partial charge >= 0.3 is 5.97 Å². The third kappa shape index (κ3) is 4.33. The van der Waals surface area contributed by atoms with E-state index in [-0.39, 0.29) is 35.9 Å². The zero-order valence-corrected chi connectivity index (χ0v) is 13.3. The molecule has 1 aliphatic carbocycles. The Labute approximate surface area is 128 Å². The summed E-state index contributed by atoms with van der Waals surface area (Å²) >= 11 is 0. The monoisotopic (exact) mass is 329 g/mol. The fourth-order valence-electron chi connectivity index (χ4n) is 2.54. The van der Waals surface area contributed by atoms with Crippen LogP contribution in [-0.4, -0.2) is 37.4 Å². The van der Waals surface area contributed by atoms with Crippen LogP contribution in [-0.2, 0) is 21.2 Å². The number of furan rings is 1. The minimum atomic E-state index is -3.11. The molecule has 22 heavy (non-hydrogen) atoms. The zero-order chi connectivity index (χ0) is 16.5. The number of nitrogens with one attached hydrogen (secondary N) is 1. The van der Waals surface area contributed by atoms with Gasteiger partial charge in [0.05, 0.1) is 12.3 Å². The predicted molar refractivity (Wildman–Crippen MR) is 78.2 cm³/mol. The molecule has 1 aliphatic rings. The number of carbonyl (C=O) groups is 2. The van der Waals surface area contributed by atoms with E-state index in [1.165, 1.54) is 12.3 Å². The van der Waals surface area contributed by atoms with Crippen molar-refractivity contribution in [3.8, 4) is 0 Å². The van der Waals surface area contributed by atoms with Gasteiger partial charge in [-0.15, -0.1) is 0 Å². The van der Waals surface area contributed by atoms with Gasteiger partial charge < -0.3 is 14.8 Å². The molecule has 0 atom stereocenters. The van der Waals surface area contributed by atoms with E-state index in [2.05, 4.69) is 5.32 Å². The summed E-state index contributed by atoms with van der Waals surface area (Å²) in [7, 11) is -3.11. The Bertz CT molecular complexity index is 699. The molecule has 7 nitrogen and oxygen atoms in total. The Kier molecular flexibility index (Phi) is 4.32. The molecule has 122 valence electrons. The number of rotatable bonds is 7. The van der Waals surface area contributed by atoms with Crippen molar-refractivity contribution in [3.05, 3.63) is 23.2 Å². The Morgan fingerprint density at radius 3 is 2.50 bits per heavy atom. The predicted octanol–water partition coefficient (Wildman–Crippen LogP) is 1.12. The fourth-order valence-corrected chi connectivity index (χ4v) is 4.04. The average Bonchev–Trinajstić information content (AvgIpc) is 2.96. The van der Waals surface area contributed by atoms with Crippen LogP contribution in [0.5, 0.6) is 0 Å². The van der Waals surface area contributed by atoms with Crippen molar-refractivity contribution in [1.82, 2.24) is 5.32 Å². The molecule has 0 aliphatic heterocycles. The van der Waals surface area contributed by atoms with Gasteiger partial charge in [-0.3, -0.25) is 4.79 Å². The van der Waals surface area contributed by atoms with Crippen molar-refractivity contribution >= 4 is 21.7 Å². The van der Waals surface area contributed by atoms with E-state index in [0.29, 0.717) is 5.76 Å². The molecule has 1 fully saturated rings. The van der Waals surface area contributed by atoms with Crippen molar-refractivity contribution in [2.45, 2.75) is 32.7 Å². The highest BCUT2D eigenvalue weighted by molar-refractivity contribution is 7.90. The first-order valence-electron chi connectivity index (χ1n) is 6.87. The summed E-state index contributed by atoms with van der Waals surface area (Å²) in [5.41, 5.74) is -0.358. The highest BCUT2D eigenvalue weighted by Gasteiger charge is 2.46. The molecule has 1 saturated carbocycles. The molecule has 0 radical (unpaired) electrons. The normalized spacial score (nSPS) is 16.3. The largest absolute Gasteiger partial charge is 0.478 e. The Morgan fingerprint density at radius 2 is 2.05 bits per heavy atom. The van der Waals surface area contributed by atoms with Crippen molar-refractivity contribution < 1.29 is 27.5 Å². The quantitative estimate of drug-likeness (QED) is 0.775. The van der Waals surface area contributed by atoms with Gasteiger partial charge in [-0.05, 0) is 31.2 Å². The van der Waals surface area contributed by atoms with E-state index in [4.69, 9.17) is 9.52 Å². The number of hydrogen-bond donors (Lipinski definition) is 2. The highest BCUT2D eigenvalue weighted by Crippen LogP contribution is 2.49. The number of carbonyl (C=O) groups excluding carboxylic acids is 1. The number of aryl methyl sites for hydroxylation is 1. The molecule has 8 heteroatoms. The highest BCUT2D eigenvalue weighted by atomic mass is 32.2. The van der Waals surface area contributed by atoms with Crippen molar-refractivity contribution in [3.63, 3.8) is 0 Å². The summed E-state index contributed by atoms with van der Waals surface area (Å²) in [5.74, 6) is -0.670. The van der Waals surface area contributed by atoms with Crippen LogP contribution in [0.4, 0.5) is 0 Å². The molecule has 1 aromatic rings. The molecule has 0 saturated heterocycles.